The predicted molar refractivity (Wildman–Crippen MR) is 211 cm³/mol. The van der Waals surface area contributed by atoms with Gasteiger partial charge in [0.2, 0.25) is 0 Å². The lowest BCUT2D eigenvalue weighted by Crippen LogP contribution is -2.21. The molecule has 3 unspecified atom stereocenters. The first-order valence-corrected chi connectivity index (χ1v) is 21.4. The highest BCUT2D eigenvalue weighted by molar-refractivity contribution is 5.70. The Morgan fingerprint density at radius 2 is 0.902 bits per heavy atom. The third-order valence-electron chi connectivity index (χ3n) is 9.82. The Hall–Kier alpha value is -1.67. The number of ether oxygens (including phenoxy) is 4. The van der Waals surface area contributed by atoms with Gasteiger partial charge in [-0.1, -0.05) is 124 Å². The van der Waals surface area contributed by atoms with Crippen molar-refractivity contribution in [2.24, 2.45) is 5.92 Å². The predicted octanol–water partition coefficient (Wildman–Crippen LogP) is 11.2. The molecule has 0 N–H and O–H groups in total. The van der Waals surface area contributed by atoms with E-state index in [1.165, 1.54) is 57.8 Å². The van der Waals surface area contributed by atoms with E-state index in [1.807, 2.05) is 14.1 Å². The molecule has 8 heteroatoms. The molecule has 0 fully saturated rings. The molecule has 0 amide bonds. The second kappa shape index (κ2) is 36.7. The van der Waals surface area contributed by atoms with Gasteiger partial charge in [0.05, 0.1) is 12.7 Å². The van der Waals surface area contributed by atoms with Gasteiger partial charge in [-0.25, -0.2) is 0 Å². The van der Waals surface area contributed by atoms with Gasteiger partial charge in [-0.2, -0.15) is 0 Å². The fourth-order valence-electron chi connectivity index (χ4n) is 6.38. The highest BCUT2D eigenvalue weighted by Crippen LogP contribution is 2.19. The Morgan fingerprint density at radius 3 is 1.39 bits per heavy atom. The van der Waals surface area contributed by atoms with Gasteiger partial charge in [-0.15, -0.1) is 0 Å². The molecule has 0 aliphatic carbocycles. The molecule has 0 bridgehead atoms. The smallest absolute Gasteiger partial charge is 0.306 e. The quantitative estimate of drug-likeness (QED) is 0.0353. The number of unbranched alkanes of at least 4 members (excludes halogenated alkanes) is 16. The number of hydrogen-bond donors (Lipinski definition) is 0. The molecule has 3 atom stereocenters. The summed E-state index contributed by atoms with van der Waals surface area (Å²) < 4.78 is 22.5. The van der Waals surface area contributed by atoms with Gasteiger partial charge in [0, 0.05) is 26.4 Å². The van der Waals surface area contributed by atoms with Crippen molar-refractivity contribution in [3.8, 4) is 0 Å². The van der Waals surface area contributed by atoms with Gasteiger partial charge in [0.15, 0.2) is 0 Å². The van der Waals surface area contributed by atoms with Crippen LogP contribution in [0.2, 0.25) is 0 Å². The summed E-state index contributed by atoms with van der Waals surface area (Å²) in [5.74, 6) is 0.165. The molecule has 8 nitrogen and oxygen atoms in total. The van der Waals surface area contributed by atoms with Gasteiger partial charge >= 0.3 is 17.9 Å². The van der Waals surface area contributed by atoms with Crippen molar-refractivity contribution in [1.29, 1.82) is 0 Å². The lowest BCUT2D eigenvalue weighted by Gasteiger charge is -2.18. The van der Waals surface area contributed by atoms with Crippen LogP contribution in [0.15, 0.2) is 0 Å². The third kappa shape index (κ3) is 35.1. The van der Waals surface area contributed by atoms with E-state index in [0.29, 0.717) is 38.4 Å². The van der Waals surface area contributed by atoms with Crippen LogP contribution >= 0.6 is 0 Å². The molecule has 0 aliphatic heterocycles. The zero-order chi connectivity index (χ0) is 37.8. The van der Waals surface area contributed by atoms with Crippen molar-refractivity contribution in [3.63, 3.8) is 0 Å². The molecule has 0 spiro atoms. The van der Waals surface area contributed by atoms with E-state index in [1.54, 1.807) is 7.11 Å². The van der Waals surface area contributed by atoms with E-state index in [0.717, 1.165) is 109 Å². The van der Waals surface area contributed by atoms with Crippen LogP contribution in [0.3, 0.4) is 0 Å². The van der Waals surface area contributed by atoms with E-state index < -0.39 is 0 Å². The van der Waals surface area contributed by atoms with Crippen LogP contribution in [0.25, 0.3) is 0 Å². The first kappa shape index (κ1) is 49.3. The summed E-state index contributed by atoms with van der Waals surface area (Å²) >= 11 is 0. The Labute approximate surface area is 315 Å². The van der Waals surface area contributed by atoms with Crippen LogP contribution in [0.4, 0.5) is 0 Å². The fourth-order valence-corrected chi connectivity index (χ4v) is 6.38. The van der Waals surface area contributed by atoms with Crippen LogP contribution in [0, 0.1) is 5.92 Å². The van der Waals surface area contributed by atoms with Crippen molar-refractivity contribution >= 4 is 17.9 Å². The highest BCUT2D eigenvalue weighted by Gasteiger charge is 2.15. The van der Waals surface area contributed by atoms with Crippen molar-refractivity contribution in [2.45, 2.75) is 213 Å². The monoisotopic (exact) mass is 726 g/mol. The molecule has 0 aliphatic rings. The Morgan fingerprint density at radius 1 is 0.490 bits per heavy atom. The summed E-state index contributed by atoms with van der Waals surface area (Å²) in [5, 5.41) is 0. The van der Waals surface area contributed by atoms with Crippen LogP contribution < -0.4 is 0 Å². The first-order chi connectivity index (χ1) is 24.7. The van der Waals surface area contributed by atoms with Crippen LogP contribution in [0.5, 0.6) is 0 Å². The summed E-state index contributed by atoms with van der Waals surface area (Å²) in [6, 6.07) is 0. The van der Waals surface area contributed by atoms with E-state index in [4.69, 9.17) is 18.9 Å². The summed E-state index contributed by atoms with van der Waals surface area (Å²) in [7, 11) is 5.74. The van der Waals surface area contributed by atoms with E-state index in [9.17, 15) is 14.4 Å². The number of hydrogen-bond acceptors (Lipinski definition) is 8. The topological polar surface area (TPSA) is 91.4 Å². The van der Waals surface area contributed by atoms with Gasteiger partial charge < -0.3 is 23.8 Å². The molecule has 0 aromatic heterocycles. The molecule has 0 saturated carbocycles. The molecule has 0 aromatic carbocycles. The van der Waals surface area contributed by atoms with Crippen LogP contribution in [-0.2, 0) is 33.3 Å². The van der Waals surface area contributed by atoms with Gasteiger partial charge in [0.25, 0.3) is 0 Å². The second-order valence-electron chi connectivity index (χ2n) is 15.4. The molecule has 0 heterocycles. The minimum atomic E-state index is -0.127. The lowest BCUT2D eigenvalue weighted by atomic mass is 10.0. The molecular formula is C43H83NO7. The normalized spacial score (nSPS) is 13.2. The standard InChI is InChI=1S/C43H83NO7/c1-7-9-11-15-21-28-38(3)36-49-41(45)32-25-19-13-17-22-29-39(51-43(47)34-27-35-44(4)5)30-23-18-14-20-26-33-42(46)50-37-40(48-6)31-24-16-12-10-8-2/h38-40H,7-37H2,1-6H3. The fraction of sp³-hybridized carbons (Fsp3) is 0.930. The molecule has 0 radical (unpaired) electrons. The number of nitrogens with zero attached hydrogens (tertiary/aromatic N) is 1. The summed E-state index contributed by atoms with van der Waals surface area (Å²) in [4.78, 5) is 39.1. The number of carbonyl (C=O) groups is 3. The molecule has 302 valence electrons. The van der Waals surface area contributed by atoms with Crippen molar-refractivity contribution in [3.05, 3.63) is 0 Å². The second-order valence-corrected chi connectivity index (χ2v) is 15.4. The van der Waals surface area contributed by atoms with E-state index in [2.05, 4.69) is 25.7 Å². The van der Waals surface area contributed by atoms with Crippen LogP contribution in [-0.4, -0.2) is 76.0 Å². The minimum absolute atomic E-state index is 0.00492. The third-order valence-corrected chi connectivity index (χ3v) is 9.82. The van der Waals surface area contributed by atoms with Crippen molar-refractivity contribution in [1.82, 2.24) is 4.90 Å². The summed E-state index contributed by atoms with van der Waals surface area (Å²) in [5.41, 5.74) is 0. The van der Waals surface area contributed by atoms with Crippen molar-refractivity contribution in [2.75, 3.05) is 41.0 Å². The van der Waals surface area contributed by atoms with Gasteiger partial charge in [0.1, 0.15) is 12.7 Å². The average Bonchev–Trinajstić information content (AvgIpc) is 3.10. The summed E-state index contributed by atoms with van der Waals surface area (Å²) in [6.07, 6.45) is 28.6. The maximum atomic E-state index is 12.6. The number of esters is 3. The van der Waals surface area contributed by atoms with Crippen molar-refractivity contribution < 1.29 is 33.3 Å². The zero-order valence-corrected chi connectivity index (χ0v) is 34.5. The number of carbonyl (C=O) groups excluding carboxylic acids is 3. The molecule has 0 rings (SSSR count). The minimum Gasteiger partial charge on any atom is -0.465 e. The number of methoxy groups -OCH3 is 1. The summed E-state index contributed by atoms with van der Waals surface area (Å²) in [6.45, 7) is 8.41. The SMILES string of the molecule is CCCCCCCC(C)COC(=O)CCCCCCCC(CCCCCCCC(=O)OCC(CCCCCCC)OC)OC(=O)CCCN(C)C. The van der Waals surface area contributed by atoms with E-state index in [-0.39, 0.29) is 30.1 Å². The molecule has 0 aromatic rings. The van der Waals surface area contributed by atoms with Gasteiger partial charge in [-0.05, 0) is 84.3 Å². The largest absolute Gasteiger partial charge is 0.465 e. The van der Waals surface area contributed by atoms with E-state index >= 15 is 0 Å². The molecule has 0 saturated heterocycles. The van der Waals surface area contributed by atoms with Gasteiger partial charge in [-0.3, -0.25) is 14.4 Å². The molecular weight excluding hydrogens is 642 g/mol. The Kier molecular flexibility index (Phi) is 35.5. The Bertz CT molecular complexity index is 805. The molecule has 51 heavy (non-hydrogen) atoms. The lowest BCUT2D eigenvalue weighted by molar-refractivity contribution is -0.150. The Balaban J connectivity index is 4.20. The average molecular weight is 726 g/mol. The highest BCUT2D eigenvalue weighted by atomic mass is 16.6. The van der Waals surface area contributed by atoms with Crippen LogP contribution in [0.1, 0.15) is 201 Å². The number of rotatable bonds is 38. The first-order valence-electron chi connectivity index (χ1n) is 21.4. The zero-order valence-electron chi connectivity index (χ0n) is 34.5. The maximum Gasteiger partial charge on any atom is 0.306 e. The maximum absolute atomic E-state index is 12.6.